The minimum absolute atomic E-state index is 0.143. The lowest BCUT2D eigenvalue weighted by atomic mass is 9.71. The Hall–Kier alpha value is -3.06. The van der Waals surface area contributed by atoms with Crippen molar-refractivity contribution in [2.24, 2.45) is 23.5 Å². The summed E-state index contributed by atoms with van der Waals surface area (Å²) < 4.78 is 5.38. The van der Waals surface area contributed by atoms with E-state index in [2.05, 4.69) is 23.0 Å². The zero-order chi connectivity index (χ0) is 28.7. The number of carbonyl (C=O) groups is 2. The van der Waals surface area contributed by atoms with E-state index >= 15 is 0 Å². The largest absolute Gasteiger partial charge is 0.459 e. The number of benzene rings is 1. The van der Waals surface area contributed by atoms with E-state index in [4.69, 9.17) is 10.5 Å². The Balaban J connectivity index is 1.34. The molecule has 1 fully saturated rings. The van der Waals surface area contributed by atoms with Crippen molar-refractivity contribution >= 4 is 17.4 Å². The summed E-state index contributed by atoms with van der Waals surface area (Å²) in [6, 6.07) is 7.74. The van der Waals surface area contributed by atoms with Gasteiger partial charge in [0, 0.05) is 30.1 Å². The summed E-state index contributed by atoms with van der Waals surface area (Å²) in [6.45, 7) is 7.69. The summed E-state index contributed by atoms with van der Waals surface area (Å²) in [4.78, 5) is 35.4. The van der Waals surface area contributed by atoms with Crippen LogP contribution in [0.2, 0.25) is 0 Å². The number of hydrogen-bond acceptors (Lipinski definition) is 6. The molecule has 1 unspecified atom stereocenters. The molecular weight excluding hydrogens is 500 g/mol. The Morgan fingerprint density at radius 3 is 2.20 bits per heavy atom. The topological polar surface area (TPSA) is 98.4 Å². The highest BCUT2D eigenvalue weighted by atomic mass is 16.6. The second kappa shape index (κ2) is 13.5. The molecule has 0 bridgehead atoms. The molecule has 1 aromatic heterocycles. The van der Waals surface area contributed by atoms with Gasteiger partial charge in [0.05, 0.1) is 6.54 Å². The molecule has 1 aromatic carbocycles. The summed E-state index contributed by atoms with van der Waals surface area (Å²) >= 11 is 0. The number of nitrogens with zero attached hydrogens (tertiary/aromatic N) is 3. The number of esters is 1. The number of aromatic nitrogens is 2. The molecular formula is C33H46N4O3. The van der Waals surface area contributed by atoms with Crippen LogP contribution in [0.1, 0.15) is 90.2 Å². The van der Waals surface area contributed by atoms with Crippen molar-refractivity contribution in [3.63, 3.8) is 0 Å². The van der Waals surface area contributed by atoms with Crippen LogP contribution >= 0.6 is 0 Å². The van der Waals surface area contributed by atoms with Crippen LogP contribution in [0.5, 0.6) is 0 Å². The van der Waals surface area contributed by atoms with Gasteiger partial charge < -0.3 is 15.4 Å². The third-order valence-corrected chi connectivity index (χ3v) is 8.46. The van der Waals surface area contributed by atoms with E-state index in [9.17, 15) is 9.59 Å². The van der Waals surface area contributed by atoms with Crippen molar-refractivity contribution in [2.45, 2.75) is 91.2 Å². The number of nitrogens with two attached hydrogens (primary N) is 1. The Kier molecular flexibility index (Phi) is 10.1. The predicted molar refractivity (Wildman–Crippen MR) is 159 cm³/mol. The SMILES string of the molecule is CCC1CCC(C2CC=C(c3cnc(-c4ccc(CN(CC(=O)OC(C)(C)C)C(=O)CN)cc4)nc3)CC2)CC1. The normalized spacial score (nSPS) is 21.4. The van der Waals surface area contributed by atoms with E-state index < -0.39 is 11.6 Å². The van der Waals surface area contributed by atoms with Crippen LogP contribution in [0.25, 0.3) is 17.0 Å². The maximum Gasteiger partial charge on any atom is 0.326 e. The number of rotatable bonds is 9. The Bertz CT molecular complexity index is 1160. The van der Waals surface area contributed by atoms with Crippen LogP contribution in [0.4, 0.5) is 0 Å². The lowest BCUT2D eigenvalue weighted by Gasteiger charge is -2.35. The van der Waals surface area contributed by atoms with Crippen LogP contribution < -0.4 is 5.73 Å². The number of amides is 1. The summed E-state index contributed by atoms with van der Waals surface area (Å²) in [5.74, 6) is 2.60. The fourth-order valence-electron chi connectivity index (χ4n) is 6.13. The molecule has 0 saturated heterocycles. The monoisotopic (exact) mass is 546 g/mol. The van der Waals surface area contributed by atoms with Gasteiger partial charge in [-0.3, -0.25) is 9.59 Å². The van der Waals surface area contributed by atoms with Crippen LogP contribution in [0.3, 0.4) is 0 Å². The van der Waals surface area contributed by atoms with Crippen molar-refractivity contribution in [3.8, 4) is 11.4 Å². The number of hydrogen-bond donors (Lipinski definition) is 1. The molecule has 40 heavy (non-hydrogen) atoms. The van der Waals surface area contributed by atoms with Gasteiger partial charge in [0.15, 0.2) is 5.82 Å². The minimum atomic E-state index is -0.616. The smallest absolute Gasteiger partial charge is 0.326 e. The second-order valence-corrected chi connectivity index (χ2v) is 12.5. The van der Waals surface area contributed by atoms with Gasteiger partial charge in [-0.05, 0) is 81.8 Å². The standard InChI is InChI=1S/C33H46N4O3/c1-5-23-6-10-25(11-7-23)26-14-16-27(17-15-26)29-19-35-32(36-20-29)28-12-8-24(9-13-28)21-37(30(38)18-34)22-31(39)40-33(2,3)4/h8-9,12-13,16,19-20,23,25-26H,5-7,10-11,14-15,17-18,21-22,34H2,1-4H3. The van der Waals surface area contributed by atoms with E-state index in [1.807, 2.05) is 36.7 Å². The van der Waals surface area contributed by atoms with Crippen molar-refractivity contribution in [2.75, 3.05) is 13.1 Å². The number of ether oxygens (including phenoxy) is 1. The third kappa shape index (κ3) is 8.23. The zero-order valence-corrected chi connectivity index (χ0v) is 24.7. The van der Waals surface area contributed by atoms with E-state index in [1.165, 1.54) is 55.4 Å². The van der Waals surface area contributed by atoms with Crippen LogP contribution in [-0.2, 0) is 20.9 Å². The highest BCUT2D eigenvalue weighted by molar-refractivity contribution is 5.83. The maximum atomic E-state index is 12.4. The first-order chi connectivity index (χ1) is 19.1. The average Bonchev–Trinajstić information content (AvgIpc) is 2.96. The first-order valence-corrected chi connectivity index (χ1v) is 15.0. The van der Waals surface area contributed by atoms with Gasteiger partial charge in [0.25, 0.3) is 0 Å². The average molecular weight is 547 g/mol. The Labute approximate surface area is 239 Å². The minimum Gasteiger partial charge on any atom is -0.459 e. The van der Waals surface area contributed by atoms with Gasteiger partial charge in [-0.15, -0.1) is 0 Å². The fraction of sp³-hybridized carbons (Fsp3) is 0.576. The van der Waals surface area contributed by atoms with Crippen molar-refractivity contribution in [3.05, 3.63) is 53.9 Å². The Morgan fingerprint density at radius 1 is 0.975 bits per heavy atom. The molecule has 0 spiro atoms. The molecule has 2 N–H and O–H groups in total. The summed E-state index contributed by atoms with van der Waals surface area (Å²) in [5.41, 5.74) is 9.24. The number of carbonyl (C=O) groups excluding carboxylic acids is 2. The van der Waals surface area contributed by atoms with Crippen LogP contribution in [0, 0.1) is 17.8 Å². The highest BCUT2D eigenvalue weighted by Gasteiger charge is 2.28. The van der Waals surface area contributed by atoms with E-state index in [-0.39, 0.29) is 25.5 Å². The molecule has 1 atom stereocenters. The molecule has 0 radical (unpaired) electrons. The summed E-state index contributed by atoms with van der Waals surface area (Å²) in [7, 11) is 0. The molecule has 2 aliphatic rings. The van der Waals surface area contributed by atoms with Crippen LogP contribution in [-0.4, -0.2) is 45.4 Å². The zero-order valence-electron chi connectivity index (χ0n) is 24.7. The molecule has 0 aliphatic heterocycles. The second-order valence-electron chi connectivity index (χ2n) is 12.5. The molecule has 2 aliphatic carbocycles. The molecule has 1 heterocycles. The number of allylic oxidation sites excluding steroid dienone is 2. The molecule has 216 valence electrons. The molecule has 1 saturated carbocycles. The quantitative estimate of drug-likeness (QED) is 0.378. The summed E-state index contributed by atoms with van der Waals surface area (Å²) in [5, 5.41) is 0. The molecule has 1 amide bonds. The van der Waals surface area contributed by atoms with Gasteiger partial charge >= 0.3 is 5.97 Å². The van der Waals surface area contributed by atoms with Gasteiger partial charge in [-0.2, -0.15) is 0 Å². The van der Waals surface area contributed by atoms with E-state index in [0.29, 0.717) is 5.82 Å². The molecule has 7 nitrogen and oxygen atoms in total. The van der Waals surface area contributed by atoms with Gasteiger partial charge in [-0.25, -0.2) is 9.97 Å². The Morgan fingerprint density at radius 2 is 1.65 bits per heavy atom. The molecule has 4 rings (SSSR count). The molecule has 7 heteroatoms. The van der Waals surface area contributed by atoms with Gasteiger partial charge in [-0.1, -0.05) is 56.5 Å². The van der Waals surface area contributed by atoms with Crippen molar-refractivity contribution in [1.29, 1.82) is 0 Å². The summed E-state index contributed by atoms with van der Waals surface area (Å²) in [6.07, 6.45) is 16.9. The predicted octanol–water partition coefficient (Wildman–Crippen LogP) is 6.17. The van der Waals surface area contributed by atoms with Crippen molar-refractivity contribution < 1.29 is 14.3 Å². The van der Waals surface area contributed by atoms with Gasteiger partial charge in [0.2, 0.25) is 5.91 Å². The van der Waals surface area contributed by atoms with Crippen LogP contribution in [0.15, 0.2) is 42.7 Å². The first-order valence-electron chi connectivity index (χ1n) is 15.0. The fourth-order valence-corrected chi connectivity index (χ4v) is 6.13. The lowest BCUT2D eigenvalue weighted by Crippen LogP contribution is -2.41. The van der Waals surface area contributed by atoms with E-state index in [1.54, 1.807) is 20.8 Å². The highest BCUT2D eigenvalue weighted by Crippen LogP contribution is 2.41. The maximum absolute atomic E-state index is 12.4. The van der Waals surface area contributed by atoms with Crippen molar-refractivity contribution in [1.82, 2.24) is 14.9 Å². The first kappa shape index (κ1) is 29.9. The van der Waals surface area contributed by atoms with E-state index in [0.717, 1.165) is 40.9 Å². The van der Waals surface area contributed by atoms with Gasteiger partial charge in [0.1, 0.15) is 12.1 Å². The third-order valence-electron chi connectivity index (χ3n) is 8.46. The molecule has 2 aromatic rings. The lowest BCUT2D eigenvalue weighted by molar-refractivity contribution is -0.158.